The zero-order chi connectivity index (χ0) is 22.5. The first-order valence-electron chi connectivity index (χ1n) is 11.0. The standard InChI is InChI=1S/C23H23FN8O/c1-12-16(9-27-22-21(12)26-5-6-33-22)15-7-18-17(20(25)19(15)24)10-28-23(31-18)30-13-8-29-32(11-13)14-3-2-4-14/h7-11,14,26H,2-6,25H2,1H3,(H,28,30,31). The Kier molecular flexibility index (Phi) is 4.53. The van der Waals surface area contributed by atoms with Crippen molar-refractivity contribution >= 4 is 33.9 Å². The molecule has 9 nitrogen and oxygen atoms in total. The lowest BCUT2D eigenvalue weighted by Gasteiger charge is -2.25. The number of nitrogens with zero attached hydrogens (tertiary/aromatic N) is 5. The van der Waals surface area contributed by atoms with Crippen molar-refractivity contribution in [3.63, 3.8) is 0 Å². The molecule has 1 fully saturated rings. The molecule has 1 saturated carbocycles. The summed E-state index contributed by atoms with van der Waals surface area (Å²) in [5.41, 5.74) is 10.1. The molecule has 10 heteroatoms. The maximum atomic E-state index is 15.3. The lowest BCUT2D eigenvalue weighted by Crippen LogP contribution is -2.20. The van der Waals surface area contributed by atoms with Gasteiger partial charge in [-0.05, 0) is 37.8 Å². The number of fused-ring (bicyclic) bond motifs is 2. The predicted molar refractivity (Wildman–Crippen MR) is 124 cm³/mol. The second-order valence-corrected chi connectivity index (χ2v) is 8.45. The van der Waals surface area contributed by atoms with E-state index in [4.69, 9.17) is 10.5 Å². The van der Waals surface area contributed by atoms with Gasteiger partial charge in [0.2, 0.25) is 11.8 Å². The van der Waals surface area contributed by atoms with E-state index in [1.165, 1.54) is 12.6 Å². The van der Waals surface area contributed by atoms with Crippen molar-refractivity contribution < 1.29 is 9.13 Å². The molecule has 1 aliphatic heterocycles. The number of hydrogen-bond donors (Lipinski definition) is 3. The van der Waals surface area contributed by atoms with Gasteiger partial charge in [0.25, 0.3) is 0 Å². The monoisotopic (exact) mass is 446 g/mol. The molecule has 4 heterocycles. The van der Waals surface area contributed by atoms with Gasteiger partial charge in [-0.2, -0.15) is 5.10 Å². The first-order chi connectivity index (χ1) is 16.1. The number of halogens is 1. The van der Waals surface area contributed by atoms with Crippen molar-refractivity contribution in [2.45, 2.75) is 32.2 Å². The summed E-state index contributed by atoms with van der Waals surface area (Å²) in [4.78, 5) is 13.3. The Morgan fingerprint density at radius 1 is 1.21 bits per heavy atom. The fraction of sp³-hybridized carbons (Fsp3) is 0.304. The number of nitrogens with two attached hydrogens (primary N) is 1. The van der Waals surface area contributed by atoms with Crippen molar-refractivity contribution in [3.05, 3.63) is 42.2 Å². The summed E-state index contributed by atoms with van der Waals surface area (Å²) in [6.07, 6.45) is 10.4. The molecular weight excluding hydrogens is 423 g/mol. The van der Waals surface area contributed by atoms with E-state index in [9.17, 15) is 0 Å². The smallest absolute Gasteiger partial charge is 0.237 e. The Bertz CT molecular complexity index is 1380. The van der Waals surface area contributed by atoms with E-state index in [1.807, 2.05) is 17.8 Å². The Morgan fingerprint density at radius 2 is 2.09 bits per heavy atom. The minimum absolute atomic E-state index is 0.00758. The summed E-state index contributed by atoms with van der Waals surface area (Å²) >= 11 is 0. The van der Waals surface area contributed by atoms with Gasteiger partial charge in [-0.15, -0.1) is 0 Å². The van der Waals surface area contributed by atoms with Crippen LogP contribution in [0.1, 0.15) is 30.9 Å². The molecular formula is C23H23FN8O. The average molecular weight is 446 g/mol. The molecule has 0 bridgehead atoms. The van der Waals surface area contributed by atoms with Crippen LogP contribution in [-0.2, 0) is 0 Å². The van der Waals surface area contributed by atoms with Crippen LogP contribution >= 0.6 is 0 Å². The number of pyridine rings is 1. The molecule has 0 spiro atoms. The highest BCUT2D eigenvalue weighted by atomic mass is 19.1. The number of anilines is 4. The van der Waals surface area contributed by atoms with Crippen LogP contribution in [0.25, 0.3) is 22.0 Å². The molecule has 168 valence electrons. The first-order valence-corrected chi connectivity index (χ1v) is 11.0. The van der Waals surface area contributed by atoms with E-state index in [0.717, 1.165) is 29.8 Å². The van der Waals surface area contributed by atoms with E-state index < -0.39 is 5.82 Å². The fourth-order valence-corrected chi connectivity index (χ4v) is 4.31. The Balaban J connectivity index is 1.39. The summed E-state index contributed by atoms with van der Waals surface area (Å²) < 4.78 is 22.9. The Morgan fingerprint density at radius 3 is 2.91 bits per heavy atom. The molecule has 6 rings (SSSR count). The van der Waals surface area contributed by atoms with Crippen LogP contribution in [0.15, 0.2) is 30.9 Å². The number of hydrogen-bond acceptors (Lipinski definition) is 8. The Labute approximate surface area is 189 Å². The van der Waals surface area contributed by atoms with Crippen LogP contribution in [0.3, 0.4) is 0 Å². The zero-order valence-corrected chi connectivity index (χ0v) is 18.1. The van der Waals surface area contributed by atoms with Gasteiger partial charge in [-0.1, -0.05) is 0 Å². The van der Waals surface area contributed by atoms with Crippen molar-refractivity contribution in [1.29, 1.82) is 0 Å². The molecule has 0 saturated heterocycles. The summed E-state index contributed by atoms with van der Waals surface area (Å²) in [5.74, 6) is 0.395. The SMILES string of the molecule is Cc1c(-c2cc3nc(Nc4cnn(C5CCC5)c4)ncc3c(N)c2F)cnc2c1NCCO2. The molecule has 1 aliphatic carbocycles. The van der Waals surface area contributed by atoms with E-state index in [-0.39, 0.29) is 5.69 Å². The van der Waals surface area contributed by atoms with Gasteiger partial charge in [0.05, 0.1) is 29.1 Å². The van der Waals surface area contributed by atoms with Gasteiger partial charge in [0, 0.05) is 41.6 Å². The maximum Gasteiger partial charge on any atom is 0.237 e. The Hall–Kier alpha value is -3.95. The lowest BCUT2D eigenvalue weighted by molar-refractivity contribution is 0.289. The molecule has 0 unspecified atom stereocenters. The van der Waals surface area contributed by atoms with Crippen LogP contribution in [0.4, 0.5) is 27.4 Å². The molecule has 2 aliphatic rings. The third-order valence-corrected chi connectivity index (χ3v) is 6.41. The topological polar surface area (TPSA) is 116 Å². The van der Waals surface area contributed by atoms with E-state index in [0.29, 0.717) is 53.1 Å². The highest BCUT2D eigenvalue weighted by molar-refractivity contribution is 5.96. The number of rotatable bonds is 4. The summed E-state index contributed by atoms with van der Waals surface area (Å²) in [7, 11) is 0. The fourth-order valence-electron chi connectivity index (χ4n) is 4.31. The number of ether oxygens (including phenoxy) is 1. The van der Waals surface area contributed by atoms with Crippen LogP contribution in [0, 0.1) is 12.7 Å². The van der Waals surface area contributed by atoms with E-state index >= 15 is 4.39 Å². The lowest BCUT2D eigenvalue weighted by atomic mass is 9.93. The summed E-state index contributed by atoms with van der Waals surface area (Å²) in [6.45, 7) is 3.12. The predicted octanol–water partition coefficient (Wildman–Crippen LogP) is 4.19. The molecule has 1 aromatic carbocycles. The molecule has 0 atom stereocenters. The highest BCUT2D eigenvalue weighted by Gasteiger charge is 2.22. The highest BCUT2D eigenvalue weighted by Crippen LogP contribution is 2.39. The third-order valence-electron chi connectivity index (χ3n) is 6.41. The number of benzene rings is 1. The van der Waals surface area contributed by atoms with Gasteiger partial charge < -0.3 is 21.1 Å². The molecule has 0 amide bonds. The van der Waals surface area contributed by atoms with Gasteiger partial charge in [-0.3, -0.25) is 4.68 Å². The first kappa shape index (κ1) is 19.7. The number of aromatic nitrogens is 5. The molecule has 3 aromatic heterocycles. The third kappa shape index (κ3) is 3.29. The molecule has 0 radical (unpaired) electrons. The van der Waals surface area contributed by atoms with Crippen molar-refractivity contribution in [3.8, 4) is 17.0 Å². The van der Waals surface area contributed by atoms with Gasteiger partial charge in [0.15, 0.2) is 5.82 Å². The second kappa shape index (κ2) is 7.58. The summed E-state index contributed by atoms with van der Waals surface area (Å²) in [6, 6.07) is 2.16. The van der Waals surface area contributed by atoms with E-state index in [2.05, 4.69) is 30.7 Å². The largest absolute Gasteiger partial charge is 0.474 e. The number of nitrogens with one attached hydrogen (secondary N) is 2. The van der Waals surface area contributed by atoms with Crippen LogP contribution in [0.2, 0.25) is 0 Å². The quantitative estimate of drug-likeness (QED) is 0.400. The maximum absolute atomic E-state index is 15.3. The second-order valence-electron chi connectivity index (χ2n) is 8.45. The van der Waals surface area contributed by atoms with E-state index in [1.54, 1.807) is 18.5 Å². The minimum Gasteiger partial charge on any atom is -0.474 e. The van der Waals surface area contributed by atoms with Crippen LogP contribution < -0.4 is 21.1 Å². The van der Waals surface area contributed by atoms with Crippen molar-refractivity contribution in [2.24, 2.45) is 0 Å². The summed E-state index contributed by atoms with van der Waals surface area (Å²) in [5, 5.41) is 11.4. The van der Waals surface area contributed by atoms with Gasteiger partial charge >= 0.3 is 0 Å². The normalized spacial score (nSPS) is 15.5. The average Bonchev–Trinajstić information content (AvgIpc) is 3.23. The van der Waals surface area contributed by atoms with Crippen molar-refractivity contribution in [2.75, 3.05) is 29.5 Å². The van der Waals surface area contributed by atoms with Crippen molar-refractivity contribution in [1.82, 2.24) is 24.7 Å². The molecule has 33 heavy (non-hydrogen) atoms. The zero-order valence-electron chi connectivity index (χ0n) is 18.1. The van der Waals surface area contributed by atoms with Crippen LogP contribution in [0.5, 0.6) is 5.88 Å². The number of nitrogen functional groups attached to an aromatic ring is 1. The van der Waals surface area contributed by atoms with Gasteiger partial charge in [-0.25, -0.2) is 19.3 Å². The minimum atomic E-state index is -0.518. The van der Waals surface area contributed by atoms with Crippen LogP contribution in [-0.4, -0.2) is 37.9 Å². The molecule has 4 N–H and O–H groups in total. The van der Waals surface area contributed by atoms with Gasteiger partial charge in [0.1, 0.15) is 12.3 Å². The molecule has 4 aromatic rings.